The van der Waals surface area contributed by atoms with Crippen molar-refractivity contribution in [2.75, 3.05) is 12.4 Å². The zero-order chi connectivity index (χ0) is 22.9. The lowest BCUT2D eigenvalue weighted by Crippen LogP contribution is -2.32. The SMILES string of the molecule is COc1ccc(C(=O)Oc2cccc(C=NNC(=O)C(=O)Nc3ccc(Br)cc3)c2)cc1. The number of amides is 2. The Morgan fingerprint density at radius 3 is 2.31 bits per heavy atom. The van der Waals surface area contributed by atoms with Crippen molar-refractivity contribution < 1.29 is 23.9 Å². The standard InChI is InChI=1S/C23H18BrN3O5/c1-31-19-11-5-16(6-12-19)23(30)32-20-4-2-3-15(13-20)14-25-27-22(29)21(28)26-18-9-7-17(24)8-10-18/h2-14H,1H3,(H,26,28)(H,27,29). The topological polar surface area (TPSA) is 106 Å². The van der Waals surface area contributed by atoms with Gasteiger partial charge in [0, 0.05) is 10.2 Å². The van der Waals surface area contributed by atoms with Gasteiger partial charge in [0.15, 0.2) is 0 Å². The lowest BCUT2D eigenvalue weighted by molar-refractivity contribution is -0.136. The quantitative estimate of drug-likeness (QED) is 0.178. The number of rotatable bonds is 6. The van der Waals surface area contributed by atoms with Crippen LogP contribution >= 0.6 is 15.9 Å². The molecule has 0 saturated carbocycles. The van der Waals surface area contributed by atoms with Crippen LogP contribution in [0, 0.1) is 0 Å². The molecule has 0 aromatic heterocycles. The number of carbonyl (C=O) groups is 3. The molecule has 8 nitrogen and oxygen atoms in total. The Balaban J connectivity index is 1.55. The number of anilines is 1. The molecule has 2 amide bonds. The van der Waals surface area contributed by atoms with E-state index in [1.807, 2.05) is 0 Å². The Hall–Kier alpha value is -3.98. The predicted octanol–water partition coefficient (Wildman–Crippen LogP) is 3.77. The third kappa shape index (κ3) is 6.51. The number of nitrogens with zero attached hydrogens (tertiary/aromatic N) is 1. The molecule has 0 saturated heterocycles. The number of hydrazone groups is 1. The van der Waals surface area contributed by atoms with Crippen LogP contribution in [0.2, 0.25) is 0 Å². The first-order chi connectivity index (χ1) is 15.4. The van der Waals surface area contributed by atoms with Gasteiger partial charge in [-0.3, -0.25) is 9.59 Å². The van der Waals surface area contributed by atoms with Gasteiger partial charge in [0.2, 0.25) is 0 Å². The van der Waals surface area contributed by atoms with Crippen molar-refractivity contribution in [3.8, 4) is 11.5 Å². The fraction of sp³-hybridized carbons (Fsp3) is 0.0435. The maximum absolute atomic E-state index is 12.3. The Morgan fingerprint density at radius 2 is 1.62 bits per heavy atom. The van der Waals surface area contributed by atoms with E-state index in [0.29, 0.717) is 28.3 Å². The fourth-order valence-electron chi connectivity index (χ4n) is 2.49. The van der Waals surface area contributed by atoms with Gasteiger partial charge < -0.3 is 14.8 Å². The lowest BCUT2D eigenvalue weighted by atomic mass is 10.2. The van der Waals surface area contributed by atoms with E-state index in [0.717, 1.165) is 4.47 Å². The van der Waals surface area contributed by atoms with E-state index in [4.69, 9.17) is 9.47 Å². The molecule has 162 valence electrons. The molecule has 0 fully saturated rings. The van der Waals surface area contributed by atoms with Crippen LogP contribution in [0.5, 0.6) is 11.5 Å². The summed E-state index contributed by atoms with van der Waals surface area (Å²) in [5, 5.41) is 6.23. The number of halogens is 1. The van der Waals surface area contributed by atoms with Gasteiger partial charge in [-0.25, -0.2) is 10.2 Å². The number of nitrogens with one attached hydrogen (secondary N) is 2. The lowest BCUT2D eigenvalue weighted by Gasteiger charge is -2.06. The molecule has 0 spiro atoms. The van der Waals surface area contributed by atoms with Crippen LogP contribution in [0.15, 0.2) is 82.4 Å². The summed E-state index contributed by atoms with van der Waals surface area (Å²) in [4.78, 5) is 36.1. The Bertz CT molecular complexity index is 1150. The largest absolute Gasteiger partial charge is 0.497 e. The molecule has 0 unspecified atom stereocenters. The van der Waals surface area contributed by atoms with Crippen molar-refractivity contribution >= 4 is 45.6 Å². The molecule has 0 heterocycles. The van der Waals surface area contributed by atoms with E-state index < -0.39 is 17.8 Å². The first-order valence-corrected chi connectivity index (χ1v) is 10.1. The number of carbonyl (C=O) groups excluding carboxylic acids is 3. The molecule has 0 bridgehead atoms. The van der Waals surface area contributed by atoms with Gasteiger partial charge in [0.1, 0.15) is 11.5 Å². The highest BCUT2D eigenvalue weighted by atomic mass is 79.9. The minimum Gasteiger partial charge on any atom is -0.497 e. The van der Waals surface area contributed by atoms with E-state index >= 15 is 0 Å². The number of benzene rings is 3. The average molecular weight is 496 g/mol. The summed E-state index contributed by atoms with van der Waals surface area (Å²) in [6.07, 6.45) is 1.33. The van der Waals surface area contributed by atoms with Crippen molar-refractivity contribution in [1.82, 2.24) is 5.43 Å². The first-order valence-electron chi connectivity index (χ1n) is 9.31. The van der Waals surface area contributed by atoms with Gasteiger partial charge in [-0.05, 0) is 66.2 Å². The van der Waals surface area contributed by atoms with E-state index in [-0.39, 0.29) is 0 Å². The third-order valence-electron chi connectivity index (χ3n) is 4.08. The number of hydrogen-bond donors (Lipinski definition) is 2. The minimum atomic E-state index is -0.925. The average Bonchev–Trinajstić information content (AvgIpc) is 2.80. The van der Waals surface area contributed by atoms with Gasteiger partial charge in [-0.1, -0.05) is 28.1 Å². The minimum absolute atomic E-state index is 0.300. The second kappa shape index (κ2) is 10.9. The molecule has 0 atom stereocenters. The number of methoxy groups -OCH3 is 1. The van der Waals surface area contributed by atoms with Crippen LogP contribution in [0.3, 0.4) is 0 Å². The van der Waals surface area contributed by atoms with Gasteiger partial charge >= 0.3 is 17.8 Å². The molecular formula is C23H18BrN3O5. The maximum Gasteiger partial charge on any atom is 0.343 e. The monoisotopic (exact) mass is 495 g/mol. The van der Waals surface area contributed by atoms with E-state index in [2.05, 4.69) is 31.8 Å². The van der Waals surface area contributed by atoms with Gasteiger partial charge in [0.05, 0.1) is 18.9 Å². The number of hydrogen-bond acceptors (Lipinski definition) is 6. The summed E-state index contributed by atoms with van der Waals surface area (Å²) in [6, 6.07) is 19.8. The summed E-state index contributed by atoms with van der Waals surface area (Å²) in [5.41, 5.74) is 3.55. The normalized spacial score (nSPS) is 10.4. The summed E-state index contributed by atoms with van der Waals surface area (Å²) in [7, 11) is 1.54. The predicted molar refractivity (Wildman–Crippen MR) is 123 cm³/mol. The van der Waals surface area contributed by atoms with Crippen LogP contribution in [-0.2, 0) is 9.59 Å². The molecule has 2 N–H and O–H groups in total. The van der Waals surface area contributed by atoms with Crippen LogP contribution in [0.1, 0.15) is 15.9 Å². The highest BCUT2D eigenvalue weighted by Crippen LogP contribution is 2.17. The first kappa shape index (κ1) is 22.7. The van der Waals surface area contributed by atoms with E-state index in [1.54, 1.807) is 72.8 Å². The highest BCUT2D eigenvalue weighted by Gasteiger charge is 2.13. The van der Waals surface area contributed by atoms with Crippen LogP contribution < -0.4 is 20.2 Å². The smallest absolute Gasteiger partial charge is 0.343 e. The molecule has 3 rings (SSSR count). The third-order valence-corrected chi connectivity index (χ3v) is 4.61. The van der Waals surface area contributed by atoms with Crippen molar-refractivity contribution in [2.24, 2.45) is 5.10 Å². The van der Waals surface area contributed by atoms with Crippen molar-refractivity contribution in [1.29, 1.82) is 0 Å². The maximum atomic E-state index is 12.3. The summed E-state index contributed by atoms with van der Waals surface area (Å²) >= 11 is 3.29. The number of esters is 1. The fourth-order valence-corrected chi connectivity index (χ4v) is 2.75. The van der Waals surface area contributed by atoms with Gasteiger partial charge in [0.25, 0.3) is 0 Å². The molecule has 0 aliphatic rings. The van der Waals surface area contributed by atoms with Crippen LogP contribution in [-0.4, -0.2) is 31.1 Å². The molecule has 0 radical (unpaired) electrons. The van der Waals surface area contributed by atoms with Crippen LogP contribution in [0.4, 0.5) is 5.69 Å². The summed E-state index contributed by atoms with van der Waals surface area (Å²) < 4.78 is 11.3. The van der Waals surface area contributed by atoms with Crippen molar-refractivity contribution in [3.05, 3.63) is 88.4 Å². The number of ether oxygens (including phenoxy) is 2. The molecule has 0 aliphatic carbocycles. The highest BCUT2D eigenvalue weighted by molar-refractivity contribution is 9.10. The second-order valence-corrected chi connectivity index (χ2v) is 7.27. The summed E-state index contributed by atoms with van der Waals surface area (Å²) in [6.45, 7) is 0. The Labute approximate surface area is 192 Å². The Kier molecular flexibility index (Phi) is 7.71. The van der Waals surface area contributed by atoms with Crippen LogP contribution in [0.25, 0.3) is 0 Å². The zero-order valence-corrected chi connectivity index (χ0v) is 18.5. The molecule has 3 aromatic carbocycles. The molecule has 3 aromatic rings. The van der Waals surface area contributed by atoms with Crippen molar-refractivity contribution in [2.45, 2.75) is 0 Å². The molecular weight excluding hydrogens is 478 g/mol. The van der Waals surface area contributed by atoms with Gasteiger partial charge in [-0.2, -0.15) is 5.10 Å². The molecule has 0 aliphatic heterocycles. The zero-order valence-electron chi connectivity index (χ0n) is 16.9. The van der Waals surface area contributed by atoms with Crippen molar-refractivity contribution in [3.63, 3.8) is 0 Å². The Morgan fingerprint density at radius 1 is 0.906 bits per heavy atom. The van der Waals surface area contributed by atoms with Gasteiger partial charge in [-0.15, -0.1) is 0 Å². The van der Waals surface area contributed by atoms with E-state index in [9.17, 15) is 14.4 Å². The summed E-state index contributed by atoms with van der Waals surface area (Å²) in [5.74, 6) is -1.38. The molecule has 32 heavy (non-hydrogen) atoms. The second-order valence-electron chi connectivity index (χ2n) is 6.35. The molecule has 9 heteroatoms. The van der Waals surface area contributed by atoms with E-state index in [1.165, 1.54) is 13.3 Å².